The van der Waals surface area contributed by atoms with Crippen molar-refractivity contribution in [2.24, 2.45) is 0 Å². The van der Waals surface area contributed by atoms with Gasteiger partial charge in [0.15, 0.2) is 0 Å². The maximum absolute atomic E-state index is 11.6. The van der Waals surface area contributed by atoms with Gasteiger partial charge in [0.1, 0.15) is 12.2 Å². The number of carbonyl (C=O) groups excluding carboxylic acids is 2. The Morgan fingerprint density at radius 3 is 1.50 bits per heavy atom. The van der Waals surface area contributed by atoms with Gasteiger partial charge in [-0.2, -0.15) is 0 Å². The molecule has 0 N–H and O–H groups in total. The van der Waals surface area contributed by atoms with Crippen molar-refractivity contribution in [1.29, 1.82) is 0 Å². The molecule has 0 fully saturated rings. The van der Waals surface area contributed by atoms with Crippen LogP contribution in [0.15, 0.2) is 48.5 Å². The van der Waals surface area contributed by atoms with Crippen LogP contribution >= 0.6 is 0 Å². The molecule has 2 atom stereocenters. The summed E-state index contributed by atoms with van der Waals surface area (Å²) >= 11 is 0. The minimum absolute atomic E-state index is 0.301. The second-order valence-corrected chi connectivity index (χ2v) is 6.00. The molecule has 124 valence electrons. The minimum atomic E-state index is -0.335. The van der Waals surface area contributed by atoms with Gasteiger partial charge in [-0.3, -0.25) is 9.59 Å². The lowest BCUT2D eigenvalue weighted by molar-refractivity contribution is -0.146. The van der Waals surface area contributed by atoms with Gasteiger partial charge in [0.25, 0.3) is 0 Å². The number of ether oxygens (including phenoxy) is 2. The van der Waals surface area contributed by atoms with E-state index in [-0.39, 0.29) is 24.1 Å². The quantitative estimate of drug-likeness (QED) is 0.791. The van der Waals surface area contributed by atoms with Crippen LogP contribution in [-0.2, 0) is 31.9 Å². The molecule has 2 aromatic carbocycles. The summed E-state index contributed by atoms with van der Waals surface area (Å²) in [5.41, 5.74) is 4.01. The Bertz CT molecular complexity index is 700. The number of fused-ring (bicyclic) bond motifs is 2. The van der Waals surface area contributed by atoms with Crippen molar-refractivity contribution >= 4 is 11.9 Å². The van der Waals surface area contributed by atoms with Crippen LogP contribution in [0.3, 0.4) is 0 Å². The molecule has 1 aliphatic rings. The predicted octanol–water partition coefficient (Wildman–Crippen LogP) is 3.69. The van der Waals surface area contributed by atoms with Crippen LogP contribution < -0.4 is 0 Å². The van der Waals surface area contributed by atoms with E-state index >= 15 is 0 Å². The summed E-state index contributed by atoms with van der Waals surface area (Å²) < 4.78 is 11.2. The second kappa shape index (κ2) is 6.87. The average molecular weight is 324 g/mol. The number of rotatable bonds is 2. The highest BCUT2D eigenvalue weighted by molar-refractivity contribution is 5.67. The van der Waals surface area contributed by atoms with E-state index in [1.165, 1.54) is 13.8 Å². The Kier molecular flexibility index (Phi) is 4.65. The average Bonchev–Trinajstić information content (AvgIpc) is 2.52. The van der Waals surface area contributed by atoms with Crippen LogP contribution in [0.5, 0.6) is 0 Å². The molecule has 0 unspecified atom stereocenters. The molecule has 0 aromatic heterocycles. The van der Waals surface area contributed by atoms with Crippen molar-refractivity contribution in [3.8, 4) is 0 Å². The Morgan fingerprint density at radius 2 is 1.12 bits per heavy atom. The van der Waals surface area contributed by atoms with Crippen molar-refractivity contribution in [2.45, 2.75) is 38.9 Å². The van der Waals surface area contributed by atoms with Gasteiger partial charge in [0.05, 0.1) is 0 Å². The van der Waals surface area contributed by atoms with E-state index in [0.29, 0.717) is 12.8 Å². The molecule has 0 saturated heterocycles. The van der Waals surface area contributed by atoms with Crippen LogP contribution in [-0.4, -0.2) is 11.9 Å². The number of hydrogen-bond donors (Lipinski definition) is 0. The molecule has 1 aliphatic carbocycles. The Balaban J connectivity index is 2.08. The van der Waals surface area contributed by atoms with Gasteiger partial charge in [-0.25, -0.2) is 0 Å². The third kappa shape index (κ3) is 3.48. The van der Waals surface area contributed by atoms with E-state index in [2.05, 4.69) is 0 Å². The SMILES string of the molecule is CC(=O)O[C@H]1Cc2ccccc2[C@H](OC(C)=O)Cc2ccccc21. The van der Waals surface area contributed by atoms with Crippen LogP contribution in [0.25, 0.3) is 0 Å². The Labute approximate surface area is 141 Å². The maximum Gasteiger partial charge on any atom is 0.303 e. The molecular weight excluding hydrogens is 304 g/mol. The number of esters is 2. The minimum Gasteiger partial charge on any atom is -0.457 e. The highest BCUT2D eigenvalue weighted by Crippen LogP contribution is 2.36. The lowest BCUT2D eigenvalue weighted by atomic mass is 9.85. The Hall–Kier alpha value is -2.62. The topological polar surface area (TPSA) is 52.6 Å². The number of carbonyl (C=O) groups is 2. The fourth-order valence-electron chi connectivity index (χ4n) is 3.30. The van der Waals surface area contributed by atoms with Crippen molar-refractivity contribution in [1.82, 2.24) is 0 Å². The van der Waals surface area contributed by atoms with Crippen molar-refractivity contribution in [3.05, 3.63) is 70.8 Å². The molecular formula is C20H20O4. The normalized spacial score (nSPS) is 19.2. The lowest BCUT2D eigenvalue weighted by Crippen LogP contribution is -2.21. The van der Waals surface area contributed by atoms with Crippen LogP contribution in [0, 0.1) is 0 Å². The second-order valence-electron chi connectivity index (χ2n) is 6.00. The lowest BCUT2D eigenvalue weighted by Gasteiger charge is -2.28. The molecule has 4 heteroatoms. The van der Waals surface area contributed by atoms with Crippen LogP contribution in [0.4, 0.5) is 0 Å². The molecule has 0 heterocycles. The summed E-state index contributed by atoms with van der Waals surface area (Å²) in [5, 5.41) is 0. The first-order chi connectivity index (χ1) is 11.5. The van der Waals surface area contributed by atoms with E-state index in [0.717, 1.165) is 22.3 Å². The van der Waals surface area contributed by atoms with Gasteiger partial charge >= 0.3 is 11.9 Å². The highest BCUT2D eigenvalue weighted by atomic mass is 16.5. The van der Waals surface area contributed by atoms with Crippen molar-refractivity contribution < 1.29 is 19.1 Å². The zero-order chi connectivity index (χ0) is 17.1. The first kappa shape index (κ1) is 16.2. The molecule has 0 bridgehead atoms. The molecule has 0 radical (unpaired) electrons. The van der Waals surface area contributed by atoms with E-state index in [9.17, 15) is 9.59 Å². The van der Waals surface area contributed by atoms with Crippen LogP contribution in [0.1, 0.15) is 48.3 Å². The molecule has 0 spiro atoms. The van der Waals surface area contributed by atoms with E-state index < -0.39 is 0 Å². The van der Waals surface area contributed by atoms with E-state index in [1.807, 2.05) is 48.5 Å². The highest BCUT2D eigenvalue weighted by Gasteiger charge is 2.28. The smallest absolute Gasteiger partial charge is 0.303 e. The number of hydrogen-bond acceptors (Lipinski definition) is 4. The molecule has 2 aromatic rings. The van der Waals surface area contributed by atoms with Crippen molar-refractivity contribution in [2.75, 3.05) is 0 Å². The molecule has 24 heavy (non-hydrogen) atoms. The summed E-state index contributed by atoms with van der Waals surface area (Å²) in [4.78, 5) is 23.1. The Morgan fingerprint density at radius 1 is 0.750 bits per heavy atom. The standard InChI is InChI=1S/C20H20O4/c1-13(21)23-19-11-15-7-4-6-10-18(15)20(24-14(2)22)12-16-8-3-5-9-17(16)19/h3-10,19-20H,11-12H2,1-2H3/t19-,20+. The van der Waals surface area contributed by atoms with Gasteiger partial charge in [0, 0.05) is 26.7 Å². The zero-order valence-electron chi connectivity index (χ0n) is 13.8. The van der Waals surface area contributed by atoms with Gasteiger partial charge in [-0.15, -0.1) is 0 Å². The third-order valence-electron chi connectivity index (χ3n) is 4.23. The molecule has 3 rings (SSSR count). The third-order valence-corrected chi connectivity index (χ3v) is 4.23. The monoisotopic (exact) mass is 324 g/mol. The molecule has 0 aliphatic heterocycles. The largest absolute Gasteiger partial charge is 0.457 e. The fourth-order valence-corrected chi connectivity index (χ4v) is 3.30. The van der Waals surface area contributed by atoms with Gasteiger partial charge < -0.3 is 9.47 Å². The summed E-state index contributed by atoms with van der Waals surface area (Å²) in [6.45, 7) is 2.85. The van der Waals surface area contributed by atoms with E-state index in [1.54, 1.807) is 0 Å². The maximum atomic E-state index is 11.6. The van der Waals surface area contributed by atoms with Gasteiger partial charge in [-0.1, -0.05) is 48.5 Å². The molecule has 0 amide bonds. The molecule has 0 saturated carbocycles. The molecule has 4 nitrogen and oxygen atoms in total. The van der Waals surface area contributed by atoms with Gasteiger partial charge in [0.2, 0.25) is 0 Å². The summed E-state index contributed by atoms with van der Waals surface area (Å²) in [7, 11) is 0. The summed E-state index contributed by atoms with van der Waals surface area (Å²) in [6, 6.07) is 15.7. The predicted molar refractivity (Wildman–Crippen MR) is 89.3 cm³/mol. The summed E-state index contributed by atoms with van der Waals surface area (Å²) in [6.07, 6.45) is 0.450. The van der Waals surface area contributed by atoms with Crippen LogP contribution in [0.2, 0.25) is 0 Å². The van der Waals surface area contributed by atoms with Crippen molar-refractivity contribution in [3.63, 3.8) is 0 Å². The summed E-state index contributed by atoms with van der Waals surface area (Å²) in [5.74, 6) is -0.603. The fraction of sp³-hybridized carbons (Fsp3) is 0.300. The first-order valence-corrected chi connectivity index (χ1v) is 8.04. The van der Waals surface area contributed by atoms with Gasteiger partial charge in [-0.05, 0) is 22.3 Å². The number of benzene rings is 2. The first-order valence-electron chi connectivity index (χ1n) is 8.04. The zero-order valence-corrected chi connectivity index (χ0v) is 13.8. The van der Waals surface area contributed by atoms with E-state index in [4.69, 9.17) is 9.47 Å².